The van der Waals surface area contributed by atoms with Crippen molar-refractivity contribution in [2.24, 2.45) is 0 Å². The molecule has 0 radical (unpaired) electrons. The van der Waals surface area contributed by atoms with Gasteiger partial charge in [0.15, 0.2) is 0 Å². The summed E-state index contributed by atoms with van der Waals surface area (Å²) in [5.41, 5.74) is 4.54. The van der Waals surface area contributed by atoms with E-state index in [1.165, 1.54) is 18.4 Å². The number of nitrogens with zero attached hydrogens (tertiary/aromatic N) is 1. The zero-order chi connectivity index (χ0) is 15.4. The normalized spacial score (nSPS) is 19.0. The molecule has 0 bridgehead atoms. The first-order valence-corrected chi connectivity index (χ1v) is 8.15. The van der Waals surface area contributed by atoms with Crippen molar-refractivity contribution < 1.29 is 4.79 Å². The molecule has 0 aromatic heterocycles. The Morgan fingerprint density at radius 3 is 2.57 bits per heavy atom. The Morgan fingerprint density at radius 2 is 1.95 bits per heavy atom. The molecular weight excluding hydrogens is 260 g/mol. The zero-order valence-electron chi connectivity index (χ0n) is 13.8. The molecule has 1 saturated heterocycles. The van der Waals surface area contributed by atoms with Gasteiger partial charge in [-0.05, 0) is 64.3 Å². The third-order valence-corrected chi connectivity index (χ3v) is 4.39. The molecule has 3 nitrogen and oxygen atoms in total. The van der Waals surface area contributed by atoms with Gasteiger partial charge in [0.05, 0.1) is 6.04 Å². The average Bonchev–Trinajstić information content (AvgIpc) is 2.88. The number of rotatable bonds is 5. The first kappa shape index (κ1) is 16.0. The predicted octanol–water partition coefficient (Wildman–Crippen LogP) is 3.81. The van der Waals surface area contributed by atoms with E-state index in [9.17, 15) is 4.79 Å². The van der Waals surface area contributed by atoms with Gasteiger partial charge in [0.25, 0.3) is 0 Å². The first-order valence-electron chi connectivity index (χ1n) is 8.15. The van der Waals surface area contributed by atoms with Crippen molar-refractivity contribution in [1.82, 2.24) is 4.90 Å². The lowest BCUT2D eigenvalue weighted by atomic mass is 10.0. The van der Waals surface area contributed by atoms with Gasteiger partial charge in [0.2, 0.25) is 5.91 Å². The van der Waals surface area contributed by atoms with Crippen LogP contribution in [0.1, 0.15) is 49.3 Å². The van der Waals surface area contributed by atoms with Crippen molar-refractivity contribution >= 4 is 11.6 Å². The maximum atomic E-state index is 12.6. The summed E-state index contributed by atoms with van der Waals surface area (Å²) in [6.45, 7) is 10.5. The quantitative estimate of drug-likeness (QED) is 0.893. The average molecular weight is 288 g/mol. The van der Waals surface area contributed by atoms with Crippen LogP contribution in [0.25, 0.3) is 0 Å². The number of likely N-dealkylation sites (tertiary alicyclic amines) is 1. The first-order chi connectivity index (χ1) is 10.0. The second kappa shape index (κ2) is 7.08. The summed E-state index contributed by atoms with van der Waals surface area (Å²) >= 11 is 0. The highest BCUT2D eigenvalue weighted by Gasteiger charge is 2.30. The second-order valence-corrected chi connectivity index (χ2v) is 6.31. The minimum atomic E-state index is 0.0525. The van der Waals surface area contributed by atoms with Crippen LogP contribution < -0.4 is 5.32 Å². The smallest absolute Gasteiger partial charge is 0.241 e. The molecule has 1 aliphatic heterocycles. The van der Waals surface area contributed by atoms with Gasteiger partial charge in [-0.1, -0.05) is 31.0 Å². The molecule has 1 atom stereocenters. The van der Waals surface area contributed by atoms with Crippen LogP contribution in [0.4, 0.5) is 5.69 Å². The van der Waals surface area contributed by atoms with Crippen LogP contribution in [0.3, 0.4) is 0 Å². The molecule has 1 unspecified atom stereocenters. The zero-order valence-corrected chi connectivity index (χ0v) is 13.8. The largest absolute Gasteiger partial charge is 0.324 e. The SMILES string of the molecule is CCCCN1CCCC1C(=O)Nc1c(C)cc(C)cc1C. The van der Waals surface area contributed by atoms with E-state index in [2.05, 4.69) is 50.0 Å². The van der Waals surface area contributed by atoms with Gasteiger partial charge in [0, 0.05) is 5.69 Å². The van der Waals surface area contributed by atoms with Gasteiger partial charge < -0.3 is 5.32 Å². The van der Waals surface area contributed by atoms with Gasteiger partial charge >= 0.3 is 0 Å². The van der Waals surface area contributed by atoms with E-state index in [1.54, 1.807) is 0 Å². The van der Waals surface area contributed by atoms with E-state index in [-0.39, 0.29) is 11.9 Å². The minimum absolute atomic E-state index is 0.0525. The predicted molar refractivity (Wildman–Crippen MR) is 88.8 cm³/mol. The third kappa shape index (κ3) is 3.85. The highest BCUT2D eigenvalue weighted by Crippen LogP contribution is 2.24. The number of carbonyl (C=O) groups is 1. The Labute approximate surface area is 128 Å². The van der Waals surface area contributed by atoms with E-state index in [0.717, 1.165) is 42.7 Å². The summed E-state index contributed by atoms with van der Waals surface area (Å²) in [4.78, 5) is 15.0. The van der Waals surface area contributed by atoms with Crippen molar-refractivity contribution in [1.29, 1.82) is 0 Å². The standard InChI is InChI=1S/C18H28N2O/c1-5-6-9-20-10-7-8-16(20)18(21)19-17-14(3)11-13(2)12-15(17)4/h11-12,16H,5-10H2,1-4H3,(H,19,21). The van der Waals surface area contributed by atoms with E-state index >= 15 is 0 Å². The molecule has 1 heterocycles. The fourth-order valence-corrected chi connectivity index (χ4v) is 3.34. The summed E-state index contributed by atoms with van der Waals surface area (Å²) in [6.07, 6.45) is 4.47. The number of anilines is 1. The van der Waals surface area contributed by atoms with E-state index < -0.39 is 0 Å². The lowest BCUT2D eigenvalue weighted by Gasteiger charge is -2.24. The lowest BCUT2D eigenvalue weighted by molar-refractivity contribution is -0.120. The molecule has 1 amide bonds. The Kier molecular flexibility index (Phi) is 5.40. The van der Waals surface area contributed by atoms with Crippen LogP contribution in [-0.2, 0) is 4.79 Å². The number of amides is 1. The summed E-state index contributed by atoms with van der Waals surface area (Å²) in [6, 6.07) is 4.31. The highest BCUT2D eigenvalue weighted by atomic mass is 16.2. The minimum Gasteiger partial charge on any atom is -0.324 e. The number of aryl methyl sites for hydroxylation is 3. The summed E-state index contributed by atoms with van der Waals surface area (Å²) in [7, 11) is 0. The number of hydrogen-bond donors (Lipinski definition) is 1. The fourth-order valence-electron chi connectivity index (χ4n) is 3.34. The highest BCUT2D eigenvalue weighted by molar-refractivity contribution is 5.96. The Balaban J connectivity index is 2.07. The molecule has 1 fully saturated rings. The Hall–Kier alpha value is -1.35. The number of unbranched alkanes of at least 4 members (excludes halogenated alkanes) is 1. The molecule has 21 heavy (non-hydrogen) atoms. The van der Waals surface area contributed by atoms with Crippen molar-refractivity contribution in [2.75, 3.05) is 18.4 Å². The van der Waals surface area contributed by atoms with Crippen LogP contribution >= 0.6 is 0 Å². The molecule has 0 spiro atoms. The molecule has 1 aromatic rings. The van der Waals surface area contributed by atoms with Gasteiger partial charge in [0.1, 0.15) is 0 Å². The van der Waals surface area contributed by atoms with Gasteiger partial charge in [-0.3, -0.25) is 9.69 Å². The molecular formula is C18H28N2O. The van der Waals surface area contributed by atoms with E-state index in [1.807, 2.05) is 0 Å². The number of hydrogen-bond acceptors (Lipinski definition) is 2. The second-order valence-electron chi connectivity index (χ2n) is 6.31. The van der Waals surface area contributed by atoms with Crippen molar-refractivity contribution in [3.8, 4) is 0 Å². The number of carbonyl (C=O) groups excluding carboxylic acids is 1. The number of nitrogens with one attached hydrogen (secondary N) is 1. The Morgan fingerprint density at radius 1 is 1.29 bits per heavy atom. The number of benzene rings is 1. The Bertz CT molecular complexity index is 487. The molecule has 1 aromatic carbocycles. The summed E-state index contributed by atoms with van der Waals surface area (Å²) in [5, 5.41) is 3.17. The molecule has 1 aliphatic rings. The summed E-state index contributed by atoms with van der Waals surface area (Å²) < 4.78 is 0. The van der Waals surface area contributed by atoms with Crippen LogP contribution in [0.15, 0.2) is 12.1 Å². The maximum Gasteiger partial charge on any atom is 0.241 e. The van der Waals surface area contributed by atoms with Crippen molar-refractivity contribution in [2.45, 2.75) is 59.4 Å². The van der Waals surface area contributed by atoms with Gasteiger partial charge in [-0.25, -0.2) is 0 Å². The fraction of sp³-hybridized carbons (Fsp3) is 0.611. The van der Waals surface area contributed by atoms with Crippen LogP contribution in [-0.4, -0.2) is 29.9 Å². The van der Waals surface area contributed by atoms with Gasteiger partial charge in [-0.15, -0.1) is 0 Å². The topological polar surface area (TPSA) is 32.3 Å². The van der Waals surface area contributed by atoms with E-state index in [0.29, 0.717) is 0 Å². The van der Waals surface area contributed by atoms with Crippen LogP contribution in [0.2, 0.25) is 0 Å². The van der Waals surface area contributed by atoms with E-state index in [4.69, 9.17) is 0 Å². The lowest BCUT2D eigenvalue weighted by Crippen LogP contribution is -2.40. The molecule has 2 rings (SSSR count). The molecule has 3 heteroatoms. The summed E-state index contributed by atoms with van der Waals surface area (Å²) in [5.74, 6) is 0.165. The van der Waals surface area contributed by atoms with Crippen molar-refractivity contribution in [3.63, 3.8) is 0 Å². The maximum absolute atomic E-state index is 12.6. The van der Waals surface area contributed by atoms with Crippen molar-refractivity contribution in [3.05, 3.63) is 28.8 Å². The molecule has 1 N–H and O–H groups in total. The van der Waals surface area contributed by atoms with Crippen LogP contribution in [0, 0.1) is 20.8 Å². The van der Waals surface area contributed by atoms with Gasteiger partial charge in [-0.2, -0.15) is 0 Å². The molecule has 0 aliphatic carbocycles. The van der Waals surface area contributed by atoms with Crippen LogP contribution in [0.5, 0.6) is 0 Å². The molecule has 0 saturated carbocycles. The monoisotopic (exact) mass is 288 g/mol. The molecule has 116 valence electrons. The third-order valence-electron chi connectivity index (χ3n) is 4.39.